The first kappa shape index (κ1) is 15.3. The topological polar surface area (TPSA) is 65.7 Å². The number of ether oxygens (including phenoxy) is 1. The Labute approximate surface area is 134 Å². The van der Waals surface area contributed by atoms with Crippen LogP contribution in [0, 0.1) is 0 Å². The number of hydrogen-bond acceptors (Lipinski definition) is 6. The Morgan fingerprint density at radius 2 is 1.96 bits per heavy atom. The molecular weight excluding hydrogens is 324 g/mol. The molecule has 9 heteroatoms. The molecule has 2 heterocycles. The van der Waals surface area contributed by atoms with E-state index in [0.717, 1.165) is 5.03 Å². The van der Waals surface area contributed by atoms with Crippen molar-refractivity contribution < 1.29 is 13.5 Å². The van der Waals surface area contributed by atoms with Crippen LogP contribution in [0.2, 0.25) is 0 Å². The van der Waals surface area contributed by atoms with Crippen molar-refractivity contribution in [3.63, 3.8) is 0 Å². The van der Waals surface area contributed by atoms with Crippen molar-refractivity contribution in [2.45, 2.75) is 17.4 Å². The number of hydrogen-bond donors (Lipinski definition) is 0. The lowest BCUT2D eigenvalue weighted by Crippen LogP contribution is -2.04. The molecule has 6 nitrogen and oxygen atoms in total. The van der Waals surface area contributed by atoms with Crippen molar-refractivity contribution in [1.29, 1.82) is 0 Å². The Bertz CT molecular complexity index is 751. The molecule has 0 atom stereocenters. The van der Waals surface area contributed by atoms with Crippen molar-refractivity contribution in [3.05, 3.63) is 54.5 Å². The van der Waals surface area contributed by atoms with E-state index in [1.807, 2.05) is 18.2 Å². The molecule has 0 spiro atoms. The van der Waals surface area contributed by atoms with Crippen LogP contribution in [-0.2, 0) is 5.75 Å². The summed E-state index contributed by atoms with van der Waals surface area (Å²) < 4.78 is 30.2. The van der Waals surface area contributed by atoms with Gasteiger partial charge in [0.05, 0.1) is 16.5 Å². The van der Waals surface area contributed by atoms with Gasteiger partial charge >= 0.3 is 6.61 Å². The molecule has 0 unspecified atom stereocenters. The Morgan fingerprint density at radius 3 is 2.65 bits per heavy atom. The van der Waals surface area contributed by atoms with Gasteiger partial charge in [-0.3, -0.25) is 0 Å². The third kappa shape index (κ3) is 4.01. The zero-order chi connectivity index (χ0) is 16.1. The van der Waals surface area contributed by atoms with Gasteiger partial charge < -0.3 is 4.74 Å². The van der Waals surface area contributed by atoms with Crippen LogP contribution in [0.25, 0.3) is 5.69 Å². The molecule has 0 bridgehead atoms. The van der Waals surface area contributed by atoms with Gasteiger partial charge in [-0.05, 0) is 46.8 Å². The van der Waals surface area contributed by atoms with Crippen LogP contribution >= 0.6 is 11.8 Å². The number of thioether (sulfide) groups is 1. The maximum Gasteiger partial charge on any atom is 0.387 e. The van der Waals surface area contributed by atoms with Gasteiger partial charge in [0.2, 0.25) is 0 Å². The number of alkyl halides is 2. The zero-order valence-corrected chi connectivity index (χ0v) is 12.5. The average Bonchev–Trinajstić information content (AvgIpc) is 3.03. The van der Waals surface area contributed by atoms with Gasteiger partial charge in [-0.25, -0.2) is 4.98 Å². The van der Waals surface area contributed by atoms with Gasteiger partial charge in [-0.1, -0.05) is 17.8 Å². The number of rotatable bonds is 6. The fourth-order valence-corrected chi connectivity index (χ4v) is 2.60. The van der Waals surface area contributed by atoms with E-state index in [2.05, 4.69) is 25.2 Å². The van der Waals surface area contributed by atoms with Crippen molar-refractivity contribution >= 4 is 11.8 Å². The summed E-state index contributed by atoms with van der Waals surface area (Å²) in [4.78, 5) is 4.22. The summed E-state index contributed by atoms with van der Waals surface area (Å²) in [7, 11) is 0. The standard InChI is InChI=1S/C14H11F2N5OS/c15-14(16)22-11-6-4-10(5-7-11)21-12(18-19-20-21)9-23-13-3-1-2-8-17-13/h1-8,14H,9H2. The lowest BCUT2D eigenvalue weighted by Gasteiger charge is -2.07. The number of tetrazole rings is 1. The molecule has 23 heavy (non-hydrogen) atoms. The van der Waals surface area contributed by atoms with Gasteiger partial charge in [-0.15, -0.1) is 5.10 Å². The average molecular weight is 335 g/mol. The first-order valence-electron chi connectivity index (χ1n) is 6.59. The minimum atomic E-state index is -2.85. The SMILES string of the molecule is FC(F)Oc1ccc(-n2nnnc2CSc2ccccn2)cc1. The molecule has 0 aliphatic rings. The highest BCUT2D eigenvalue weighted by atomic mass is 32.2. The van der Waals surface area contributed by atoms with E-state index in [4.69, 9.17) is 0 Å². The molecule has 0 radical (unpaired) electrons. The van der Waals surface area contributed by atoms with E-state index in [9.17, 15) is 8.78 Å². The Morgan fingerprint density at radius 1 is 1.13 bits per heavy atom. The molecule has 1 aromatic carbocycles. The Balaban J connectivity index is 1.72. The largest absolute Gasteiger partial charge is 0.435 e. The van der Waals surface area contributed by atoms with Crippen molar-refractivity contribution in [2.24, 2.45) is 0 Å². The van der Waals surface area contributed by atoms with Gasteiger partial charge in [0.15, 0.2) is 5.82 Å². The normalized spacial score (nSPS) is 10.9. The minimum Gasteiger partial charge on any atom is -0.435 e. The highest BCUT2D eigenvalue weighted by molar-refractivity contribution is 7.98. The van der Waals surface area contributed by atoms with Crippen molar-refractivity contribution in [3.8, 4) is 11.4 Å². The molecule has 0 amide bonds. The Hall–Kier alpha value is -2.55. The maximum atomic E-state index is 12.2. The predicted molar refractivity (Wildman–Crippen MR) is 79.6 cm³/mol. The fraction of sp³-hybridized carbons (Fsp3) is 0.143. The summed E-state index contributed by atoms with van der Waals surface area (Å²) in [5, 5.41) is 12.4. The van der Waals surface area contributed by atoms with Gasteiger partial charge in [0.1, 0.15) is 5.75 Å². The Kier molecular flexibility index (Phi) is 4.77. The van der Waals surface area contributed by atoms with Gasteiger partial charge in [-0.2, -0.15) is 13.5 Å². The summed E-state index contributed by atoms with van der Waals surface area (Å²) in [6, 6.07) is 11.8. The summed E-state index contributed by atoms with van der Waals surface area (Å²) in [6.45, 7) is -2.85. The summed E-state index contributed by atoms with van der Waals surface area (Å²) >= 11 is 1.50. The zero-order valence-electron chi connectivity index (χ0n) is 11.7. The summed E-state index contributed by atoms with van der Waals surface area (Å²) in [5.41, 5.74) is 0.660. The van der Waals surface area contributed by atoms with Crippen molar-refractivity contribution in [2.75, 3.05) is 0 Å². The second kappa shape index (κ2) is 7.14. The van der Waals surface area contributed by atoms with E-state index < -0.39 is 6.61 Å². The molecule has 0 aliphatic heterocycles. The van der Waals surface area contributed by atoms with Crippen LogP contribution < -0.4 is 4.74 Å². The van der Waals surface area contributed by atoms with Crippen LogP contribution in [0.5, 0.6) is 5.75 Å². The third-order valence-electron chi connectivity index (χ3n) is 2.83. The van der Waals surface area contributed by atoms with Crippen LogP contribution in [0.4, 0.5) is 8.78 Å². The van der Waals surface area contributed by atoms with E-state index in [0.29, 0.717) is 17.3 Å². The first-order valence-corrected chi connectivity index (χ1v) is 7.57. The van der Waals surface area contributed by atoms with E-state index in [1.165, 1.54) is 23.9 Å². The van der Waals surface area contributed by atoms with Crippen LogP contribution in [0.1, 0.15) is 5.82 Å². The molecule has 0 saturated heterocycles. The summed E-state index contributed by atoms with van der Waals surface area (Å²) in [6.07, 6.45) is 1.72. The highest BCUT2D eigenvalue weighted by Gasteiger charge is 2.10. The molecule has 2 aromatic heterocycles. The molecule has 118 valence electrons. The van der Waals surface area contributed by atoms with Gasteiger partial charge in [0, 0.05) is 6.20 Å². The van der Waals surface area contributed by atoms with E-state index >= 15 is 0 Å². The highest BCUT2D eigenvalue weighted by Crippen LogP contribution is 2.21. The second-order valence-electron chi connectivity index (χ2n) is 4.34. The molecule has 0 saturated carbocycles. The summed E-state index contributed by atoms with van der Waals surface area (Å²) in [5.74, 6) is 1.24. The lowest BCUT2D eigenvalue weighted by molar-refractivity contribution is -0.0498. The first-order chi connectivity index (χ1) is 11.2. The fourth-order valence-electron chi connectivity index (χ4n) is 1.84. The maximum absolute atomic E-state index is 12.2. The number of nitrogens with zero attached hydrogens (tertiary/aromatic N) is 5. The minimum absolute atomic E-state index is 0.0845. The van der Waals surface area contributed by atoms with Crippen molar-refractivity contribution in [1.82, 2.24) is 25.2 Å². The number of pyridine rings is 1. The van der Waals surface area contributed by atoms with Gasteiger partial charge in [0.25, 0.3) is 0 Å². The molecule has 3 aromatic rings. The lowest BCUT2D eigenvalue weighted by atomic mass is 10.3. The quantitative estimate of drug-likeness (QED) is 0.645. The van der Waals surface area contributed by atoms with E-state index in [1.54, 1.807) is 23.0 Å². The third-order valence-corrected chi connectivity index (χ3v) is 3.77. The number of aromatic nitrogens is 5. The second-order valence-corrected chi connectivity index (χ2v) is 5.33. The molecule has 3 rings (SSSR count). The molecule has 0 aliphatic carbocycles. The molecule has 0 fully saturated rings. The number of halogens is 2. The van der Waals surface area contributed by atoms with Crippen LogP contribution in [0.15, 0.2) is 53.7 Å². The number of benzene rings is 1. The molecule has 0 N–H and O–H groups in total. The van der Waals surface area contributed by atoms with Crippen LogP contribution in [-0.4, -0.2) is 31.8 Å². The smallest absolute Gasteiger partial charge is 0.387 e. The van der Waals surface area contributed by atoms with Crippen LogP contribution in [0.3, 0.4) is 0 Å². The van der Waals surface area contributed by atoms with E-state index in [-0.39, 0.29) is 5.75 Å². The molecular formula is C14H11F2N5OS. The predicted octanol–water partition coefficient (Wildman–Crippen LogP) is 2.95. The monoisotopic (exact) mass is 335 g/mol.